The van der Waals surface area contributed by atoms with Gasteiger partial charge in [-0.25, -0.2) is 9.59 Å². The van der Waals surface area contributed by atoms with Gasteiger partial charge in [0.25, 0.3) is 5.91 Å². The van der Waals surface area contributed by atoms with Gasteiger partial charge in [0.1, 0.15) is 21.4 Å². The summed E-state index contributed by atoms with van der Waals surface area (Å²) < 4.78 is 22.7. The molecule has 13 nitrogen and oxygen atoms in total. The van der Waals surface area contributed by atoms with Gasteiger partial charge in [-0.2, -0.15) is 0 Å². The SMILES string of the molecule is CCOC(=O)c1sc(NC(=O)[C@@H](C)Sc2nnc(CNC(=O)c3cc(OC)cc(OC)c3)n2-c2cccc(C)c2)c(C(=O)OCC)c1C. The first kappa shape index (κ1) is 36.0. The summed E-state index contributed by atoms with van der Waals surface area (Å²) in [4.78, 5) is 52.2. The Morgan fingerprint density at radius 2 is 1.60 bits per heavy atom. The molecule has 2 heterocycles. The average molecular weight is 696 g/mol. The van der Waals surface area contributed by atoms with Crippen molar-refractivity contribution in [2.24, 2.45) is 0 Å². The zero-order valence-electron chi connectivity index (χ0n) is 27.7. The number of rotatable bonds is 14. The number of anilines is 1. The van der Waals surface area contributed by atoms with Crippen LogP contribution in [0, 0.1) is 13.8 Å². The van der Waals surface area contributed by atoms with Crippen molar-refractivity contribution in [2.45, 2.75) is 51.6 Å². The normalized spacial score (nSPS) is 11.4. The van der Waals surface area contributed by atoms with Gasteiger partial charge in [0.2, 0.25) is 5.91 Å². The summed E-state index contributed by atoms with van der Waals surface area (Å²) in [6.07, 6.45) is 0. The highest BCUT2D eigenvalue weighted by Crippen LogP contribution is 2.35. The quantitative estimate of drug-likeness (QED) is 0.129. The summed E-state index contributed by atoms with van der Waals surface area (Å²) >= 11 is 2.09. The van der Waals surface area contributed by atoms with Crippen molar-refractivity contribution in [1.29, 1.82) is 0 Å². The lowest BCUT2D eigenvalue weighted by Gasteiger charge is -2.15. The second-order valence-electron chi connectivity index (χ2n) is 10.3. The van der Waals surface area contributed by atoms with Crippen molar-refractivity contribution in [3.8, 4) is 17.2 Å². The molecule has 2 aromatic carbocycles. The molecule has 4 aromatic rings. The number of hydrogen-bond donors (Lipinski definition) is 2. The number of hydrogen-bond acceptors (Lipinski definition) is 12. The summed E-state index contributed by atoms with van der Waals surface area (Å²) in [5.41, 5.74) is 2.53. The molecule has 1 atom stereocenters. The smallest absolute Gasteiger partial charge is 0.348 e. The molecule has 15 heteroatoms. The number of aromatic nitrogens is 3. The third kappa shape index (κ3) is 8.33. The first-order chi connectivity index (χ1) is 23.0. The van der Waals surface area contributed by atoms with Crippen LogP contribution in [0.5, 0.6) is 11.5 Å². The van der Waals surface area contributed by atoms with Crippen molar-refractivity contribution >= 4 is 51.9 Å². The van der Waals surface area contributed by atoms with Crippen LogP contribution in [-0.4, -0.2) is 71.2 Å². The number of methoxy groups -OCH3 is 2. The van der Waals surface area contributed by atoms with Gasteiger partial charge in [0.15, 0.2) is 11.0 Å². The van der Waals surface area contributed by atoms with Crippen LogP contribution in [0.3, 0.4) is 0 Å². The Balaban J connectivity index is 1.59. The molecule has 2 amide bonds. The summed E-state index contributed by atoms with van der Waals surface area (Å²) in [5, 5.41) is 14.2. The van der Waals surface area contributed by atoms with Crippen molar-refractivity contribution in [3.63, 3.8) is 0 Å². The van der Waals surface area contributed by atoms with Gasteiger partial charge in [0, 0.05) is 17.3 Å². The minimum Gasteiger partial charge on any atom is -0.497 e. The van der Waals surface area contributed by atoms with Crippen LogP contribution in [0.15, 0.2) is 47.6 Å². The second kappa shape index (κ2) is 16.3. The maximum Gasteiger partial charge on any atom is 0.348 e. The Labute approximate surface area is 286 Å². The lowest BCUT2D eigenvalue weighted by Crippen LogP contribution is -2.25. The molecular formula is C33H37N5O8S2. The molecule has 0 aliphatic carbocycles. The molecule has 0 aliphatic heterocycles. The molecule has 2 aromatic heterocycles. The topological polar surface area (TPSA) is 160 Å². The molecule has 0 unspecified atom stereocenters. The van der Waals surface area contributed by atoms with Gasteiger partial charge in [0.05, 0.1) is 44.8 Å². The number of carbonyl (C=O) groups excluding carboxylic acids is 4. The molecule has 2 N–H and O–H groups in total. The second-order valence-corrected chi connectivity index (χ2v) is 12.6. The van der Waals surface area contributed by atoms with E-state index in [0.29, 0.717) is 33.6 Å². The van der Waals surface area contributed by atoms with Gasteiger partial charge in [-0.1, -0.05) is 23.9 Å². The number of esters is 2. The van der Waals surface area contributed by atoms with Gasteiger partial charge in [-0.3, -0.25) is 14.2 Å². The zero-order chi connectivity index (χ0) is 35.0. The minimum absolute atomic E-state index is 0.0223. The lowest BCUT2D eigenvalue weighted by molar-refractivity contribution is -0.115. The number of aryl methyl sites for hydroxylation is 1. The molecule has 0 spiro atoms. The fraction of sp³-hybridized carbons (Fsp3) is 0.333. The van der Waals surface area contributed by atoms with Gasteiger partial charge < -0.3 is 29.6 Å². The van der Waals surface area contributed by atoms with E-state index in [9.17, 15) is 19.2 Å². The Morgan fingerprint density at radius 3 is 2.23 bits per heavy atom. The van der Waals surface area contributed by atoms with Crippen LogP contribution >= 0.6 is 23.1 Å². The first-order valence-corrected chi connectivity index (χ1v) is 16.7. The first-order valence-electron chi connectivity index (χ1n) is 15.0. The van der Waals surface area contributed by atoms with Crippen LogP contribution in [-0.2, 0) is 20.8 Å². The van der Waals surface area contributed by atoms with Crippen LogP contribution in [0.1, 0.15) is 68.1 Å². The van der Waals surface area contributed by atoms with E-state index >= 15 is 0 Å². The average Bonchev–Trinajstić information content (AvgIpc) is 3.62. The number of thioether (sulfide) groups is 1. The molecule has 0 saturated heterocycles. The molecule has 0 bridgehead atoms. The zero-order valence-corrected chi connectivity index (χ0v) is 29.3. The van der Waals surface area contributed by atoms with Crippen molar-refractivity contribution in [1.82, 2.24) is 20.1 Å². The highest BCUT2D eigenvalue weighted by molar-refractivity contribution is 8.00. The Morgan fingerprint density at radius 1 is 0.938 bits per heavy atom. The molecule has 0 aliphatic rings. The number of amides is 2. The highest BCUT2D eigenvalue weighted by Gasteiger charge is 2.29. The molecule has 254 valence electrons. The summed E-state index contributed by atoms with van der Waals surface area (Å²) in [7, 11) is 3.01. The van der Waals surface area contributed by atoms with E-state index in [1.165, 1.54) is 14.2 Å². The molecule has 0 saturated carbocycles. The number of nitrogens with zero attached hydrogens (tertiary/aromatic N) is 3. The van der Waals surface area contributed by atoms with Crippen molar-refractivity contribution in [3.05, 3.63) is 75.4 Å². The standard InChI is InChI=1S/C33H37N5O8S2/c1-8-45-31(41)26-19(4)27(32(42)46-9-2)48-30(26)35-28(39)20(5)47-33-37-36-25(38(33)22-12-10-11-18(3)13-22)17-34-29(40)21-14-23(43-6)16-24(15-21)44-7/h10-16,20H,8-9,17H2,1-7H3,(H,34,40)(H,35,39)/t20-/m1/s1. The Hall–Kier alpha value is -4.89. The fourth-order valence-electron chi connectivity index (χ4n) is 4.58. The van der Waals surface area contributed by atoms with E-state index in [1.807, 2.05) is 31.2 Å². The van der Waals surface area contributed by atoms with E-state index in [-0.39, 0.29) is 41.1 Å². The maximum atomic E-state index is 13.5. The molecule has 48 heavy (non-hydrogen) atoms. The third-order valence-corrected chi connectivity index (χ3v) is 9.19. The van der Waals surface area contributed by atoms with E-state index in [1.54, 1.807) is 50.5 Å². The summed E-state index contributed by atoms with van der Waals surface area (Å²) in [6, 6.07) is 12.5. The molecule has 4 rings (SSSR count). The minimum atomic E-state index is -0.729. The van der Waals surface area contributed by atoms with Crippen LogP contribution in [0.4, 0.5) is 5.00 Å². The third-order valence-electron chi connectivity index (χ3n) is 6.96. The van der Waals surface area contributed by atoms with E-state index in [2.05, 4.69) is 20.8 Å². The number of carbonyl (C=O) groups is 4. The van der Waals surface area contributed by atoms with Crippen LogP contribution in [0.2, 0.25) is 0 Å². The van der Waals surface area contributed by atoms with Crippen LogP contribution in [0.25, 0.3) is 5.69 Å². The largest absolute Gasteiger partial charge is 0.497 e. The number of benzene rings is 2. The van der Waals surface area contributed by atoms with E-state index in [4.69, 9.17) is 18.9 Å². The van der Waals surface area contributed by atoms with E-state index < -0.39 is 23.1 Å². The summed E-state index contributed by atoms with van der Waals surface area (Å²) in [5.74, 6) is -0.700. The lowest BCUT2D eigenvalue weighted by atomic mass is 10.1. The fourth-order valence-corrected chi connectivity index (χ4v) is 6.56. The molecule has 0 radical (unpaired) electrons. The van der Waals surface area contributed by atoms with Crippen LogP contribution < -0.4 is 20.1 Å². The summed E-state index contributed by atoms with van der Waals surface area (Å²) in [6.45, 7) is 8.89. The van der Waals surface area contributed by atoms with Crippen molar-refractivity contribution in [2.75, 3.05) is 32.8 Å². The van der Waals surface area contributed by atoms with E-state index in [0.717, 1.165) is 34.3 Å². The number of nitrogens with one attached hydrogen (secondary N) is 2. The van der Waals surface area contributed by atoms with Gasteiger partial charge in [-0.15, -0.1) is 21.5 Å². The number of ether oxygens (including phenoxy) is 4. The predicted molar refractivity (Wildman–Crippen MR) is 182 cm³/mol. The highest BCUT2D eigenvalue weighted by atomic mass is 32.2. The maximum absolute atomic E-state index is 13.5. The molecule has 0 fully saturated rings. The van der Waals surface area contributed by atoms with Crippen molar-refractivity contribution < 1.29 is 38.1 Å². The van der Waals surface area contributed by atoms with Gasteiger partial charge in [-0.05, 0) is 70.0 Å². The number of thiophene rings is 1. The Bertz CT molecular complexity index is 1800. The monoisotopic (exact) mass is 695 g/mol. The Kier molecular flexibility index (Phi) is 12.2. The predicted octanol–water partition coefficient (Wildman–Crippen LogP) is 5.37. The molecular weight excluding hydrogens is 659 g/mol. The van der Waals surface area contributed by atoms with Gasteiger partial charge >= 0.3 is 11.9 Å².